The molecule has 1 amide bonds. The van der Waals surface area contributed by atoms with Gasteiger partial charge in [-0.15, -0.1) is 5.10 Å². The van der Waals surface area contributed by atoms with Crippen LogP contribution in [0.15, 0.2) is 0 Å². The van der Waals surface area contributed by atoms with E-state index in [1.165, 1.54) is 44.9 Å². The molecule has 1 aromatic rings. The number of aromatic amines is 1. The van der Waals surface area contributed by atoms with Crippen LogP contribution < -0.4 is 0 Å². The quantitative estimate of drug-likeness (QED) is 0.906. The lowest BCUT2D eigenvalue weighted by Crippen LogP contribution is -2.38. The molecule has 3 saturated carbocycles. The van der Waals surface area contributed by atoms with E-state index >= 15 is 0 Å². The van der Waals surface area contributed by atoms with Crippen molar-refractivity contribution in [3.05, 3.63) is 11.6 Å². The third-order valence-corrected chi connectivity index (χ3v) is 5.09. The zero-order valence-electron chi connectivity index (χ0n) is 12.6. The topological polar surface area (TPSA) is 61.9 Å². The zero-order chi connectivity index (χ0) is 14.2. The fraction of sp³-hybridized carbons (Fsp3) is 0.812. The Labute approximate surface area is 125 Å². The minimum atomic E-state index is 0.0474. The third kappa shape index (κ3) is 2.97. The van der Waals surface area contributed by atoms with Gasteiger partial charge < -0.3 is 4.90 Å². The maximum Gasteiger partial charge on any atom is 0.293 e. The molecule has 3 aliphatic rings. The Morgan fingerprint density at radius 2 is 1.86 bits per heavy atom. The van der Waals surface area contributed by atoms with Crippen molar-refractivity contribution < 1.29 is 4.79 Å². The number of rotatable bonds is 5. The predicted octanol–water partition coefficient (Wildman–Crippen LogP) is 2.87. The number of hydrogen-bond acceptors (Lipinski definition) is 3. The number of H-pyrrole nitrogens is 1. The molecule has 0 radical (unpaired) electrons. The van der Waals surface area contributed by atoms with Gasteiger partial charge in [0.05, 0.1) is 0 Å². The molecule has 1 N–H and O–H groups in total. The van der Waals surface area contributed by atoms with Crippen molar-refractivity contribution in [3.8, 4) is 0 Å². The van der Waals surface area contributed by atoms with E-state index in [-0.39, 0.29) is 5.91 Å². The Hall–Kier alpha value is -1.39. The molecule has 0 spiro atoms. The number of carbonyl (C=O) groups is 1. The number of aromatic nitrogens is 3. The maximum absolute atomic E-state index is 12.7. The van der Waals surface area contributed by atoms with E-state index in [9.17, 15) is 4.79 Å². The monoisotopic (exact) mass is 288 g/mol. The highest BCUT2D eigenvalue weighted by Gasteiger charge is 2.37. The second-order valence-electron chi connectivity index (χ2n) is 7.01. The summed E-state index contributed by atoms with van der Waals surface area (Å²) in [5.74, 6) is 2.55. The molecule has 0 unspecified atom stereocenters. The van der Waals surface area contributed by atoms with Gasteiger partial charge in [-0.25, -0.2) is 4.98 Å². The number of hydrogen-bond donors (Lipinski definition) is 1. The summed E-state index contributed by atoms with van der Waals surface area (Å²) in [6.07, 6.45) is 11.2. The lowest BCUT2D eigenvalue weighted by atomic mass is 9.89. The number of nitrogens with one attached hydrogen (secondary N) is 1. The molecular weight excluding hydrogens is 264 g/mol. The Balaban J connectivity index is 1.45. The van der Waals surface area contributed by atoms with Crippen LogP contribution in [0.25, 0.3) is 0 Å². The third-order valence-electron chi connectivity index (χ3n) is 5.09. The van der Waals surface area contributed by atoms with Gasteiger partial charge in [-0.05, 0) is 44.4 Å². The van der Waals surface area contributed by atoms with Crippen LogP contribution in [-0.2, 0) is 0 Å². The fourth-order valence-corrected chi connectivity index (χ4v) is 3.47. The Morgan fingerprint density at radius 3 is 2.52 bits per heavy atom. The summed E-state index contributed by atoms with van der Waals surface area (Å²) in [5, 5.41) is 7.13. The molecule has 4 rings (SSSR count). The van der Waals surface area contributed by atoms with Gasteiger partial charge in [0.2, 0.25) is 5.82 Å². The predicted molar refractivity (Wildman–Crippen MR) is 79.0 cm³/mol. The second-order valence-corrected chi connectivity index (χ2v) is 7.01. The standard InChI is InChI=1S/C16H24N4O/c21-16(15-17-14(18-19-15)12-6-7-12)20(13-8-9-13)10-11-4-2-1-3-5-11/h11-13H,1-10H2,(H,17,18,19). The second kappa shape index (κ2) is 5.43. The van der Waals surface area contributed by atoms with E-state index in [4.69, 9.17) is 0 Å². The van der Waals surface area contributed by atoms with E-state index in [1.54, 1.807) is 0 Å². The molecule has 3 fully saturated rings. The van der Waals surface area contributed by atoms with E-state index in [1.807, 2.05) is 0 Å². The van der Waals surface area contributed by atoms with Crippen molar-refractivity contribution in [2.75, 3.05) is 6.54 Å². The molecular formula is C16H24N4O. The van der Waals surface area contributed by atoms with E-state index in [0.717, 1.165) is 25.2 Å². The average molecular weight is 288 g/mol. The smallest absolute Gasteiger partial charge is 0.293 e. The highest BCUT2D eigenvalue weighted by Crippen LogP contribution is 2.38. The van der Waals surface area contributed by atoms with E-state index in [0.29, 0.717) is 23.7 Å². The van der Waals surface area contributed by atoms with Crippen molar-refractivity contribution in [3.63, 3.8) is 0 Å². The lowest BCUT2D eigenvalue weighted by Gasteiger charge is -2.29. The Morgan fingerprint density at radius 1 is 1.10 bits per heavy atom. The highest BCUT2D eigenvalue weighted by molar-refractivity contribution is 5.90. The normalized spacial score (nSPS) is 23.2. The first kappa shape index (κ1) is 13.3. The molecule has 3 aliphatic carbocycles. The highest BCUT2D eigenvalue weighted by atomic mass is 16.2. The first-order valence-electron chi connectivity index (χ1n) is 8.54. The van der Waals surface area contributed by atoms with Crippen LogP contribution in [0.1, 0.15) is 80.1 Å². The zero-order valence-corrected chi connectivity index (χ0v) is 12.6. The van der Waals surface area contributed by atoms with Crippen LogP contribution in [0.5, 0.6) is 0 Å². The number of carbonyl (C=O) groups excluding carboxylic acids is 1. The molecule has 1 aromatic heterocycles. The van der Waals surface area contributed by atoms with Gasteiger partial charge in [-0.2, -0.15) is 0 Å². The molecule has 114 valence electrons. The molecule has 5 nitrogen and oxygen atoms in total. The summed E-state index contributed by atoms with van der Waals surface area (Å²) >= 11 is 0. The largest absolute Gasteiger partial charge is 0.333 e. The molecule has 0 bridgehead atoms. The van der Waals surface area contributed by atoms with Crippen molar-refractivity contribution in [1.29, 1.82) is 0 Å². The SMILES string of the molecule is O=C(c1n[nH]c(C2CC2)n1)N(CC1CCCCC1)C1CC1. The average Bonchev–Trinajstić information content (AvgIpc) is 3.44. The van der Waals surface area contributed by atoms with Crippen LogP contribution in [0.2, 0.25) is 0 Å². The van der Waals surface area contributed by atoms with Crippen LogP contribution in [0, 0.1) is 5.92 Å². The van der Waals surface area contributed by atoms with Gasteiger partial charge in [-0.3, -0.25) is 9.89 Å². The minimum Gasteiger partial charge on any atom is -0.333 e. The summed E-state index contributed by atoms with van der Waals surface area (Å²) in [5.41, 5.74) is 0. The van der Waals surface area contributed by atoms with E-state index in [2.05, 4.69) is 20.1 Å². The molecule has 1 heterocycles. The van der Waals surface area contributed by atoms with Crippen molar-refractivity contribution in [2.45, 2.75) is 69.7 Å². The van der Waals surface area contributed by atoms with Gasteiger partial charge in [0.1, 0.15) is 5.82 Å². The number of nitrogens with zero attached hydrogens (tertiary/aromatic N) is 3. The van der Waals surface area contributed by atoms with Crippen LogP contribution in [-0.4, -0.2) is 38.6 Å². The van der Waals surface area contributed by atoms with Crippen molar-refractivity contribution in [1.82, 2.24) is 20.1 Å². The molecule has 0 atom stereocenters. The van der Waals surface area contributed by atoms with Crippen molar-refractivity contribution in [2.24, 2.45) is 5.92 Å². The van der Waals surface area contributed by atoms with Gasteiger partial charge >= 0.3 is 0 Å². The number of amides is 1. The first-order chi connectivity index (χ1) is 10.3. The maximum atomic E-state index is 12.7. The minimum absolute atomic E-state index is 0.0474. The summed E-state index contributed by atoms with van der Waals surface area (Å²) in [6.45, 7) is 0.913. The van der Waals surface area contributed by atoms with Crippen LogP contribution in [0.4, 0.5) is 0 Å². The molecule has 0 saturated heterocycles. The van der Waals surface area contributed by atoms with Gasteiger partial charge in [0.25, 0.3) is 5.91 Å². The molecule has 5 heteroatoms. The summed E-state index contributed by atoms with van der Waals surface area (Å²) in [6, 6.07) is 0.447. The van der Waals surface area contributed by atoms with Gasteiger partial charge in [0, 0.05) is 18.5 Å². The molecule has 0 aliphatic heterocycles. The van der Waals surface area contributed by atoms with Crippen LogP contribution in [0.3, 0.4) is 0 Å². The van der Waals surface area contributed by atoms with Gasteiger partial charge in [-0.1, -0.05) is 19.3 Å². The van der Waals surface area contributed by atoms with Crippen molar-refractivity contribution >= 4 is 5.91 Å². The van der Waals surface area contributed by atoms with Crippen LogP contribution >= 0.6 is 0 Å². The summed E-state index contributed by atoms with van der Waals surface area (Å²) in [7, 11) is 0. The lowest BCUT2D eigenvalue weighted by molar-refractivity contribution is 0.0687. The summed E-state index contributed by atoms with van der Waals surface area (Å²) < 4.78 is 0. The Kier molecular flexibility index (Phi) is 3.43. The first-order valence-corrected chi connectivity index (χ1v) is 8.54. The summed E-state index contributed by atoms with van der Waals surface area (Å²) in [4.78, 5) is 19.2. The Bertz CT molecular complexity index is 512. The van der Waals surface area contributed by atoms with Gasteiger partial charge in [0.15, 0.2) is 0 Å². The molecule has 0 aromatic carbocycles. The van der Waals surface area contributed by atoms with E-state index < -0.39 is 0 Å². The molecule has 21 heavy (non-hydrogen) atoms. The fourth-order valence-electron chi connectivity index (χ4n) is 3.47.